The number of aliphatic hydroxyl groups is 1. The number of carbonyl (C=O) groups is 1. The lowest BCUT2D eigenvalue weighted by molar-refractivity contribution is -0.158. The molecule has 15 heteroatoms. The maximum atomic E-state index is 13.1. The molecule has 1 aliphatic heterocycles. The number of likely N-dealkylation sites (tertiary alicyclic amines) is 1. The van der Waals surface area contributed by atoms with Gasteiger partial charge in [0.2, 0.25) is 11.4 Å². The molecule has 1 saturated heterocycles. The van der Waals surface area contributed by atoms with Crippen LogP contribution in [0.5, 0.6) is 0 Å². The summed E-state index contributed by atoms with van der Waals surface area (Å²) in [6.45, 7) is 1.15. The first-order valence-electron chi connectivity index (χ1n) is 10.0. The Balaban J connectivity index is 1.73. The highest BCUT2D eigenvalue weighted by Crippen LogP contribution is 2.39. The van der Waals surface area contributed by atoms with Crippen LogP contribution in [0.2, 0.25) is 0 Å². The maximum absolute atomic E-state index is 13.1. The van der Waals surface area contributed by atoms with Gasteiger partial charge >= 0.3 is 14.0 Å². The van der Waals surface area contributed by atoms with Gasteiger partial charge in [-0.1, -0.05) is 12.1 Å². The van der Waals surface area contributed by atoms with Crippen molar-refractivity contribution >= 4 is 13.7 Å². The summed E-state index contributed by atoms with van der Waals surface area (Å²) >= 11 is 0. The SMILES string of the molecule is CCn1nnc(C(O)(COP(=O)(O)O)C(=O)N2CCC(c3ccc(C(F)(F)F)cc3)CC2)n1. The highest BCUT2D eigenvalue weighted by molar-refractivity contribution is 7.46. The highest BCUT2D eigenvalue weighted by atomic mass is 31.2. The minimum atomic E-state index is -5.02. The lowest BCUT2D eigenvalue weighted by Gasteiger charge is -2.36. The summed E-state index contributed by atoms with van der Waals surface area (Å²) in [4.78, 5) is 33.5. The van der Waals surface area contributed by atoms with Crippen molar-refractivity contribution in [2.24, 2.45) is 0 Å². The Morgan fingerprint density at radius 3 is 2.30 bits per heavy atom. The molecule has 1 aromatic heterocycles. The van der Waals surface area contributed by atoms with E-state index < -0.39 is 43.5 Å². The van der Waals surface area contributed by atoms with Crippen LogP contribution in [0.15, 0.2) is 24.3 Å². The van der Waals surface area contributed by atoms with E-state index in [0.29, 0.717) is 18.4 Å². The minimum absolute atomic E-state index is 0.102. The van der Waals surface area contributed by atoms with Crippen molar-refractivity contribution < 1.29 is 41.9 Å². The summed E-state index contributed by atoms with van der Waals surface area (Å²) in [5, 5.41) is 22.2. The number of amides is 1. The third-order valence-corrected chi connectivity index (χ3v) is 5.86. The van der Waals surface area contributed by atoms with Crippen molar-refractivity contribution in [2.75, 3.05) is 19.7 Å². The number of carbonyl (C=O) groups excluding carboxylic acids is 1. The topological polar surface area (TPSA) is 151 Å². The van der Waals surface area contributed by atoms with E-state index in [1.165, 1.54) is 17.0 Å². The van der Waals surface area contributed by atoms with Crippen LogP contribution in [-0.4, -0.2) is 65.6 Å². The number of rotatable bonds is 7. The van der Waals surface area contributed by atoms with Gasteiger partial charge < -0.3 is 19.8 Å². The summed E-state index contributed by atoms with van der Waals surface area (Å²) in [6, 6.07) is 4.83. The third kappa shape index (κ3) is 5.95. The van der Waals surface area contributed by atoms with E-state index in [4.69, 9.17) is 9.79 Å². The lowest BCUT2D eigenvalue weighted by atomic mass is 9.88. The predicted octanol–water partition coefficient (Wildman–Crippen LogP) is 1.41. The van der Waals surface area contributed by atoms with Gasteiger partial charge in [0.05, 0.1) is 12.1 Å². The maximum Gasteiger partial charge on any atom is 0.469 e. The number of tetrazole rings is 1. The quantitative estimate of drug-likeness (QED) is 0.487. The van der Waals surface area contributed by atoms with Crippen LogP contribution < -0.4 is 0 Å². The van der Waals surface area contributed by atoms with Crippen molar-refractivity contribution in [3.8, 4) is 0 Å². The van der Waals surface area contributed by atoms with E-state index in [0.717, 1.165) is 16.9 Å². The first-order valence-corrected chi connectivity index (χ1v) is 11.5. The van der Waals surface area contributed by atoms with Gasteiger partial charge in [-0.3, -0.25) is 9.32 Å². The van der Waals surface area contributed by atoms with E-state index in [-0.39, 0.29) is 25.6 Å². The number of phosphoric ester groups is 1. The molecule has 1 aromatic carbocycles. The van der Waals surface area contributed by atoms with Crippen LogP contribution in [0.4, 0.5) is 13.2 Å². The zero-order valence-electron chi connectivity index (χ0n) is 17.5. The molecule has 0 radical (unpaired) electrons. The Morgan fingerprint density at radius 1 is 1.21 bits per heavy atom. The number of piperidine rings is 1. The van der Waals surface area contributed by atoms with Crippen LogP contribution in [0.1, 0.15) is 42.6 Å². The standard InChI is InChI=1S/C18H23F3N5O6P/c1-2-26-23-15(22-24-26)17(28,11-32-33(29,30)31)16(27)25-9-7-13(8-10-25)12-3-5-14(6-4-12)18(19,20)21/h3-6,13,28H,2,7-11H2,1H3,(H2,29,30,31). The Bertz CT molecular complexity index is 1020. The van der Waals surface area contributed by atoms with Crippen LogP contribution in [0.25, 0.3) is 0 Å². The van der Waals surface area contributed by atoms with E-state index in [9.17, 15) is 27.6 Å². The average molecular weight is 493 g/mol. The molecule has 1 atom stereocenters. The fraction of sp³-hybridized carbons (Fsp3) is 0.556. The summed E-state index contributed by atoms with van der Waals surface area (Å²) in [6.07, 6.45) is -3.62. The molecule has 0 spiro atoms. The zero-order chi connectivity index (χ0) is 24.4. The average Bonchev–Trinajstić information content (AvgIpc) is 3.26. The fourth-order valence-corrected chi connectivity index (χ4v) is 3.92. The van der Waals surface area contributed by atoms with E-state index >= 15 is 0 Å². The molecule has 1 unspecified atom stereocenters. The second-order valence-corrected chi connectivity index (χ2v) is 8.85. The van der Waals surface area contributed by atoms with Crippen LogP contribution >= 0.6 is 7.82 Å². The van der Waals surface area contributed by atoms with Gasteiger partial charge in [-0.2, -0.15) is 18.0 Å². The number of nitrogens with zero attached hydrogens (tertiary/aromatic N) is 5. The zero-order valence-corrected chi connectivity index (χ0v) is 18.4. The lowest BCUT2D eigenvalue weighted by Crippen LogP contribution is -2.52. The summed E-state index contributed by atoms with van der Waals surface area (Å²) in [5.74, 6) is -1.49. The van der Waals surface area contributed by atoms with Crippen molar-refractivity contribution in [3.63, 3.8) is 0 Å². The number of hydrogen-bond donors (Lipinski definition) is 3. The van der Waals surface area contributed by atoms with Gasteiger partial charge in [-0.25, -0.2) is 4.57 Å². The van der Waals surface area contributed by atoms with Crippen molar-refractivity contribution in [1.29, 1.82) is 0 Å². The third-order valence-electron chi connectivity index (χ3n) is 5.39. The predicted molar refractivity (Wildman–Crippen MR) is 105 cm³/mol. The van der Waals surface area contributed by atoms with Gasteiger partial charge in [0.25, 0.3) is 5.91 Å². The number of aryl methyl sites for hydroxylation is 1. The second kappa shape index (κ2) is 9.47. The molecule has 1 aliphatic rings. The molecule has 0 aliphatic carbocycles. The Morgan fingerprint density at radius 2 is 1.82 bits per heavy atom. The number of aromatic nitrogens is 4. The second-order valence-electron chi connectivity index (χ2n) is 7.61. The molecular weight excluding hydrogens is 470 g/mol. The molecule has 1 amide bonds. The highest BCUT2D eigenvalue weighted by Gasteiger charge is 2.47. The van der Waals surface area contributed by atoms with Gasteiger partial charge in [0.1, 0.15) is 6.61 Å². The first-order chi connectivity index (χ1) is 15.3. The Labute approximate surface area is 186 Å². The summed E-state index contributed by atoms with van der Waals surface area (Å²) in [7, 11) is -5.02. The van der Waals surface area contributed by atoms with Crippen LogP contribution in [0.3, 0.4) is 0 Å². The smallest absolute Gasteiger partial charge is 0.371 e. The van der Waals surface area contributed by atoms with Crippen molar-refractivity contribution in [2.45, 2.75) is 44.0 Å². The van der Waals surface area contributed by atoms with Crippen molar-refractivity contribution in [1.82, 2.24) is 25.1 Å². The van der Waals surface area contributed by atoms with Crippen molar-refractivity contribution in [3.05, 3.63) is 41.2 Å². The molecule has 2 aromatic rings. The van der Waals surface area contributed by atoms with Gasteiger partial charge in [0.15, 0.2) is 0 Å². The van der Waals surface area contributed by atoms with Crippen LogP contribution in [0, 0.1) is 0 Å². The molecule has 3 N–H and O–H groups in total. The number of benzene rings is 1. The molecule has 11 nitrogen and oxygen atoms in total. The van der Waals surface area contributed by atoms with Crippen LogP contribution in [-0.2, 0) is 32.2 Å². The molecule has 1 fully saturated rings. The molecule has 0 saturated carbocycles. The molecule has 182 valence electrons. The van der Waals surface area contributed by atoms with Gasteiger partial charge in [-0.05, 0) is 48.6 Å². The van der Waals surface area contributed by atoms with E-state index in [1.807, 2.05) is 0 Å². The minimum Gasteiger partial charge on any atom is -0.371 e. The molecule has 0 bridgehead atoms. The number of phosphoric acid groups is 1. The summed E-state index contributed by atoms with van der Waals surface area (Å²) in [5.41, 5.74) is -2.64. The number of hydrogen-bond acceptors (Lipinski definition) is 7. The first kappa shape index (κ1) is 25.2. The monoisotopic (exact) mass is 493 g/mol. The van der Waals surface area contributed by atoms with Gasteiger partial charge in [-0.15, -0.1) is 10.2 Å². The largest absolute Gasteiger partial charge is 0.469 e. The summed E-state index contributed by atoms with van der Waals surface area (Å²) < 4.78 is 53.9. The Hall–Kier alpha value is -2.38. The van der Waals surface area contributed by atoms with E-state index in [1.54, 1.807) is 6.92 Å². The van der Waals surface area contributed by atoms with Gasteiger partial charge in [0, 0.05) is 13.1 Å². The Kier molecular flexibility index (Phi) is 7.24. The number of halogens is 3. The normalized spacial score (nSPS) is 17.7. The number of alkyl halides is 3. The molecule has 33 heavy (non-hydrogen) atoms. The molecule has 3 rings (SSSR count). The molecular formula is C18H23F3N5O6P. The van der Waals surface area contributed by atoms with E-state index in [2.05, 4.69) is 19.9 Å². The fourth-order valence-electron chi connectivity index (χ4n) is 3.56. The molecule has 2 heterocycles.